The summed E-state index contributed by atoms with van der Waals surface area (Å²) in [6.07, 6.45) is 1.31. The Kier molecular flexibility index (Phi) is 6.28. The summed E-state index contributed by atoms with van der Waals surface area (Å²) in [4.78, 5) is 12.3. The van der Waals surface area contributed by atoms with Gasteiger partial charge in [0, 0.05) is 0 Å². The van der Waals surface area contributed by atoms with E-state index in [0.717, 1.165) is 0 Å². The van der Waals surface area contributed by atoms with Gasteiger partial charge >= 0.3 is 5.97 Å². The smallest absolute Gasteiger partial charge is 0.331 e. The number of carbonyl (C=O) groups is 1. The van der Waals surface area contributed by atoms with Gasteiger partial charge in [-0.3, -0.25) is 0 Å². The Morgan fingerprint density at radius 2 is 2.00 bits per heavy atom. The van der Waals surface area contributed by atoms with E-state index >= 15 is 0 Å². The van der Waals surface area contributed by atoms with Crippen LogP contribution >= 0.6 is 0 Å². The highest BCUT2D eigenvalue weighted by molar-refractivity contribution is 7.91. The summed E-state index contributed by atoms with van der Waals surface area (Å²) in [6, 6.07) is 9.67. The Labute approximate surface area is 136 Å². The van der Waals surface area contributed by atoms with Crippen molar-refractivity contribution in [2.45, 2.75) is 18.2 Å². The van der Waals surface area contributed by atoms with Crippen LogP contribution in [0.1, 0.15) is 13.3 Å². The molecule has 0 heterocycles. The Balaban J connectivity index is 3.19. The summed E-state index contributed by atoms with van der Waals surface area (Å²) in [5.41, 5.74) is -1.78. The predicted molar refractivity (Wildman–Crippen MR) is 87.1 cm³/mol. The van der Waals surface area contributed by atoms with Crippen LogP contribution in [0.15, 0.2) is 60.0 Å². The third-order valence-corrected chi connectivity index (χ3v) is 5.05. The van der Waals surface area contributed by atoms with Crippen molar-refractivity contribution >= 4 is 15.8 Å². The van der Waals surface area contributed by atoms with Gasteiger partial charge in [-0.15, -0.1) is 6.58 Å². The monoisotopic (exact) mass is 333 g/mol. The van der Waals surface area contributed by atoms with Gasteiger partial charge < -0.3 is 4.74 Å². The van der Waals surface area contributed by atoms with E-state index in [1.165, 1.54) is 18.2 Å². The molecule has 0 aliphatic heterocycles. The maximum atomic E-state index is 12.4. The van der Waals surface area contributed by atoms with Crippen LogP contribution in [0.5, 0.6) is 0 Å². The van der Waals surface area contributed by atoms with Gasteiger partial charge in [0.25, 0.3) is 0 Å². The zero-order chi connectivity index (χ0) is 17.5. The Morgan fingerprint density at radius 1 is 1.39 bits per heavy atom. The number of nitriles is 1. The largest absolute Gasteiger partial charge is 0.465 e. The van der Waals surface area contributed by atoms with Crippen molar-refractivity contribution in [2.24, 2.45) is 5.41 Å². The lowest BCUT2D eigenvalue weighted by Crippen LogP contribution is -2.35. The van der Waals surface area contributed by atoms with Crippen LogP contribution in [0, 0.1) is 16.7 Å². The number of hydrogen-bond donors (Lipinski definition) is 0. The molecule has 0 fully saturated rings. The number of nitrogens with zero attached hydrogens (tertiary/aromatic N) is 1. The third kappa shape index (κ3) is 4.08. The summed E-state index contributed by atoms with van der Waals surface area (Å²) in [7, 11) is -3.71. The molecule has 1 atom stereocenters. The molecule has 1 unspecified atom stereocenters. The number of sulfone groups is 1. The second kappa shape index (κ2) is 7.75. The molecule has 1 rings (SSSR count). The number of hydrogen-bond acceptors (Lipinski definition) is 5. The molecule has 5 nitrogen and oxygen atoms in total. The summed E-state index contributed by atoms with van der Waals surface area (Å²) in [5, 5.41) is 9.49. The van der Waals surface area contributed by atoms with Crippen LogP contribution in [0.3, 0.4) is 0 Å². The summed E-state index contributed by atoms with van der Waals surface area (Å²) < 4.78 is 29.8. The Hall–Kier alpha value is -2.39. The van der Waals surface area contributed by atoms with Crippen LogP contribution < -0.4 is 0 Å². The standard InChI is InChI=1S/C17H19NO4S/c1-4-11-17(13-18,16(19)22-5-2)14(3)12-23(20,21)15-9-7-6-8-10-15/h4,6-10H,1,3,5,11-12H2,2H3. The minimum atomic E-state index is -3.71. The number of allylic oxidation sites excluding steroid dienone is 1. The highest BCUT2D eigenvalue weighted by Crippen LogP contribution is 2.34. The second-order valence-corrected chi connectivity index (χ2v) is 6.90. The van der Waals surface area contributed by atoms with Crippen molar-refractivity contribution in [2.75, 3.05) is 12.4 Å². The van der Waals surface area contributed by atoms with Gasteiger partial charge in [0.15, 0.2) is 15.3 Å². The molecule has 0 amide bonds. The van der Waals surface area contributed by atoms with E-state index in [2.05, 4.69) is 13.2 Å². The van der Waals surface area contributed by atoms with Gasteiger partial charge in [-0.2, -0.15) is 5.26 Å². The lowest BCUT2D eigenvalue weighted by Gasteiger charge is -2.25. The van der Waals surface area contributed by atoms with E-state index in [0.29, 0.717) is 0 Å². The number of esters is 1. The van der Waals surface area contributed by atoms with Crippen molar-refractivity contribution in [1.82, 2.24) is 0 Å². The first kappa shape index (κ1) is 18.7. The van der Waals surface area contributed by atoms with Gasteiger partial charge in [-0.05, 0) is 31.1 Å². The van der Waals surface area contributed by atoms with Crippen LogP contribution in [0.2, 0.25) is 0 Å². The SMILES string of the molecule is C=CCC(C#N)(C(=C)CS(=O)(=O)c1ccccc1)C(=O)OCC. The minimum Gasteiger partial charge on any atom is -0.465 e. The third-order valence-electron chi connectivity index (χ3n) is 3.34. The molecule has 23 heavy (non-hydrogen) atoms. The molecular weight excluding hydrogens is 314 g/mol. The fourth-order valence-electron chi connectivity index (χ4n) is 2.08. The topological polar surface area (TPSA) is 84.2 Å². The molecule has 1 aromatic carbocycles. The molecule has 0 radical (unpaired) electrons. The summed E-state index contributed by atoms with van der Waals surface area (Å²) >= 11 is 0. The van der Waals surface area contributed by atoms with E-state index in [4.69, 9.17) is 4.74 Å². The van der Waals surface area contributed by atoms with Crippen molar-refractivity contribution in [3.05, 3.63) is 55.1 Å². The molecule has 0 N–H and O–H groups in total. The first-order valence-electron chi connectivity index (χ1n) is 6.99. The first-order valence-corrected chi connectivity index (χ1v) is 8.64. The molecule has 122 valence electrons. The average molecular weight is 333 g/mol. The lowest BCUT2D eigenvalue weighted by atomic mass is 9.80. The maximum absolute atomic E-state index is 12.4. The van der Waals surface area contributed by atoms with E-state index in [9.17, 15) is 18.5 Å². The van der Waals surface area contributed by atoms with Crippen molar-refractivity contribution in [1.29, 1.82) is 5.26 Å². The van der Waals surface area contributed by atoms with E-state index in [1.54, 1.807) is 25.1 Å². The van der Waals surface area contributed by atoms with Crippen LogP contribution in [-0.2, 0) is 19.4 Å². The molecule has 0 aliphatic rings. The maximum Gasteiger partial charge on any atom is 0.331 e. The second-order valence-electron chi connectivity index (χ2n) is 4.91. The first-order chi connectivity index (χ1) is 10.8. The van der Waals surface area contributed by atoms with Gasteiger partial charge in [0.2, 0.25) is 0 Å². The van der Waals surface area contributed by atoms with Gasteiger partial charge in [-0.25, -0.2) is 13.2 Å². The number of ether oxygens (including phenoxy) is 1. The van der Waals surface area contributed by atoms with Crippen LogP contribution in [0.25, 0.3) is 0 Å². The van der Waals surface area contributed by atoms with Gasteiger partial charge in [0.1, 0.15) is 0 Å². The van der Waals surface area contributed by atoms with E-state index < -0.39 is 27.0 Å². The Morgan fingerprint density at radius 3 is 2.48 bits per heavy atom. The number of benzene rings is 1. The molecule has 0 bridgehead atoms. The molecular formula is C17H19NO4S. The average Bonchev–Trinajstić information content (AvgIpc) is 2.53. The molecule has 1 aromatic rings. The van der Waals surface area contributed by atoms with Crippen LogP contribution in [-0.4, -0.2) is 26.7 Å². The Bertz CT molecular complexity index is 732. The molecule has 0 aromatic heterocycles. The zero-order valence-electron chi connectivity index (χ0n) is 13.0. The van der Waals surface area contributed by atoms with Crippen molar-refractivity contribution < 1.29 is 17.9 Å². The predicted octanol–water partition coefficient (Wildman–Crippen LogP) is 2.67. The van der Waals surface area contributed by atoms with Crippen LogP contribution in [0.4, 0.5) is 0 Å². The fraction of sp³-hybridized carbons (Fsp3) is 0.294. The highest BCUT2D eigenvalue weighted by Gasteiger charge is 2.43. The highest BCUT2D eigenvalue weighted by atomic mass is 32.2. The number of carbonyl (C=O) groups excluding carboxylic acids is 1. The number of rotatable bonds is 8. The van der Waals surface area contributed by atoms with Gasteiger partial charge in [0.05, 0.1) is 23.3 Å². The van der Waals surface area contributed by atoms with E-state index in [-0.39, 0.29) is 23.5 Å². The summed E-state index contributed by atoms with van der Waals surface area (Å²) in [5.74, 6) is -1.33. The van der Waals surface area contributed by atoms with Crippen molar-refractivity contribution in [3.63, 3.8) is 0 Å². The lowest BCUT2D eigenvalue weighted by molar-refractivity contribution is -0.149. The molecule has 6 heteroatoms. The van der Waals surface area contributed by atoms with E-state index in [1.807, 2.05) is 6.07 Å². The van der Waals surface area contributed by atoms with Gasteiger partial charge in [-0.1, -0.05) is 30.9 Å². The fourth-order valence-corrected chi connectivity index (χ4v) is 3.52. The molecule has 0 saturated heterocycles. The quantitative estimate of drug-likeness (QED) is 0.539. The minimum absolute atomic E-state index is 0.0257. The summed E-state index contributed by atoms with van der Waals surface area (Å²) in [6.45, 7) is 8.89. The normalized spacial score (nSPS) is 13.4. The molecule has 0 saturated carbocycles. The zero-order valence-corrected chi connectivity index (χ0v) is 13.8. The molecule has 0 spiro atoms. The molecule has 0 aliphatic carbocycles. The van der Waals surface area contributed by atoms with Crippen molar-refractivity contribution in [3.8, 4) is 6.07 Å².